The van der Waals surface area contributed by atoms with Crippen molar-refractivity contribution in [3.8, 4) is 56.0 Å². The van der Waals surface area contributed by atoms with Crippen LogP contribution in [-0.2, 0) is 0 Å². The number of nitrogens with zero attached hydrogens (tertiary/aromatic N) is 2. The van der Waals surface area contributed by atoms with Crippen molar-refractivity contribution in [1.29, 1.82) is 0 Å². The summed E-state index contributed by atoms with van der Waals surface area (Å²) in [5.74, 6) is 0.0824. The minimum atomic E-state index is -0.333. The van der Waals surface area contributed by atoms with E-state index in [1.165, 1.54) is 48.5 Å². The summed E-state index contributed by atoms with van der Waals surface area (Å²) in [6.45, 7) is 0. The van der Waals surface area contributed by atoms with Gasteiger partial charge in [-0.25, -0.2) is 17.6 Å². The van der Waals surface area contributed by atoms with E-state index >= 15 is 0 Å². The van der Waals surface area contributed by atoms with Gasteiger partial charge < -0.3 is 19.3 Å². The molecule has 12 aromatic carbocycles. The molecule has 8 heteroatoms. The van der Waals surface area contributed by atoms with Gasteiger partial charge in [0.25, 0.3) is 0 Å². The van der Waals surface area contributed by atoms with Gasteiger partial charge in [-0.3, -0.25) is 0 Å². The molecule has 0 atom stereocenters. The SMILES string of the molecule is COc1ccc(N(c2cc(-c3ccc(F)cc3)cc(-c3ccc(F)cc3)c2)c2ccc3ccc4c(N(c5ccc(OC)cc5)c5cc(-c6ccc(F)cc6)cc(-c6ccc(F)cc6)c5)ccc5ccc2c3c54)cc1. The maximum absolute atomic E-state index is 14.4. The van der Waals surface area contributed by atoms with E-state index in [-0.39, 0.29) is 23.3 Å². The second-order valence-corrected chi connectivity index (χ2v) is 18.2. The minimum absolute atomic E-state index is 0.333. The maximum atomic E-state index is 14.4. The van der Waals surface area contributed by atoms with Crippen LogP contribution in [0.1, 0.15) is 0 Å². The Morgan fingerprint density at radius 2 is 0.554 bits per heavy atom. The monoisotopic (exact) mass is 972 g/mol. The fourth-order valence-corrected chi connectivity index (χ4v) is 10.2. The maximum Gasteiger partial charge on any atom is 0.123 e. The molecule has 0 unspecified atom stereocenters. The normalized spacial score (nSPS) is 11.4. The van der Waals surface area contributed by atoms with Gasteiger partial charge in [-0.05, 0) is 212 Å². The third kappa shape index (κ3) is 8.56. The van der Waals surface area contributed by atoms with Crippen molar-refractivity contribution in [3.05, 3.63) is 254 Å². The predicted octanol–water partition coefficient (Wildman–Crippen LogP) is 18.8. The van der Waals surface area contributed by atoms with Crippen molar-refractivity contribution < 1.29 is 27.0 Å². The molecular formula is C66H44F4N2O2. The van der Waals surface area contributed by atoms with Gasteiger partial charge in [0.1, 0.15) is 34.8 Å². The summed E-state index contributed by atoms with van der Waals surface area (Å²) in [4.78, 5) is 4.46. The van der Waals surface area contributed by atoms with Crippen molar-refractivity contribution in [2.24, 2.45) is 0 Å². The van der Waals surface area contributed by atoms with Gasteiger partial charge in [-0.1, -0.05) is 84.9 Å². The fourth-order valence-electron chi connectivity index (χ4n) is 10.2. The molecule has 0 N–H and O–H groups in total. The molecular weight excluding hydrogens is 929 g/mol. The number of ether oxygens (including phenoxy) is 2. The Bertz CT molecular complexity index is 3600. The van der Waals surface area contributed by atoms with E-state index in [1.54, 1.807) is 62.8 Å². The largest absolute Gasteiger partial charge is 0.497 e. The summed E-state index contributed by atoms with van der Waals surface area (Å²) in [6, 6.07) is 71.5. The second-order valence-electron chi connectivity index (χ2n) is 18.2. The molecule has 0 bridgehead atoms. The summed E-state index contributed by atoms with van der Waals surface area (Å²) in [5, 5.41) is 6.22. The first-order valence-corrected chi connectivity index (χ1v) is 24.1. The van der Waals surface area contributed by atoms with Crippen LogP contribution in [0, 0.1) is 23.3 Å². The van der Waals surface area contributed by atoms with Crippen LogP contribution >= 0.6 is 0 Å². The molecule has 0 spiro atoms. The first-order chi connectivity index (χ1) is 36.2. The smallest absolute Gasteiger partial charge is 0.123 e. The molecule has 74 heavy (non-hydrogen) atoms. The topological polar surface area (TPSA) is 24.9 Å². The average molecular weight is 973 g/mol. The number of hydrogen-bond donors (Lipinski definition) is 0. The number of methoxy groups -OCH3 is 2. The predicted molar refractivity (Wildman–Crippen MR) is 294 cm³/mol. The van der Waals surface area contributed by atoms with E-state index in [0.717, 1.165) is 111 Å². The molecule has 0 amide bonds. The van der Waals surface area contributed by atoms with E-state index < -0.39 is 0 Å². The Morgan fingerprint density at radius 1 is 0.270 bits per heavy atom. The summed E-state index contributed by atoms with van der Waals surface area (Å²) in [6.07, 6.45) is 0. The Kier molecular flexibility index (Phi) is 11.7. The highest BCUT2D eigenvalue weighted by atomic mass is 19.1. The quantitative estimate of drug-likeness (QED) is 0.0900. The molecule has 0 saturated carbocycles. The van der Waals surface area contributed by atoms with E-state index in [9.17, 15) is 17.6 Å². The van der Waals surface area contributed by atoms with Gasteiger partial charge in [0.2, 0.25) is 0 Å². The Morgan fingerprint density at radius 3 is 0.838 bits per heavy atom. The minimum Gasteiger partial charge on any atom is -0.497 e. The molecule has 0 aliphatic heterocycles. The number of rotatable bonds is 12. The fraction of sp³-hybridized carbons (Fsp3) is 0.0303. The van der Waals surface area contributed by atoms with Crippen LogP contribution in [0.4, 0.5) is 51.7 Å². The van der Waals surface area contributed by atoms with Crippen LogP contribution in [-0.4, -0.2) is 14.2 Å². The number of halogens is 4. The van der Waals surface area contributed by atoms with Gasteiger partial charge in [-0.15, -0.1) is 0 Å². The van der Waals surface area contributed by atoms with Gasteiger partial charge in [0.05, 0.1) is 25.6 Å². The summed E-state index contributed by atoms with van der Waals surface area (Å²) >= 11 is 0. The van der Waals surface area contributed by atoms with Crippen molar-refractivity contribution in [2.75, 3.05) is 24.0 Å². The standard InChI is InChI=1S/C66H44F4N2O2/c1-73-59-27-23-55(24-28-59)71(57-37-47(41-3-15-51(67)16-4-41)35-48(38-57)42-5-17-52(68)18-6-42)63-33-13-45-12-32-62-64(34-14-46-11-31-61(63)65(45)66(46)62)72(56-25-29-60(74-2)30-26-56)58-39-49(43-7-19-53(69)20-8-43)36-50(40-58)44-9-21-54(70)22-10-44/h3-40H,1-2H3. The molecule has 0 aliphatic rings. The highest BCUT2D eigenvalue weighted by Crippen LogP contribution is 2.49. The Balaban J connectivity index is 1.10. The zero-order valence-corrected chi connectivity index (χ0v) is 40.2. The zero-order valence-electron chi connectivity index (χ0n) is 40.2. The van der Waals surface area contributed by atoms with E-state index in [2.05, 4.69) is 82.6 Å². The van der Waals surface area contributed by atoms with Crippen LogP contribution in [0.3, 0.4) is 0 Å². The van der Waals surface area contributed by atoms with Crippen LogP contribution in [0.15, 0.2) is 231 Å². The van der Waals surface area contributed by atoms with Crippen molar-refractivity contribution in [2.45, 2.75) is 0 Å². The molecule has 4 nitrogen and oxygen atoms in total. The van der Waals surface area contributed by atoms with E-state index in [0.29, 0.717) is 11.5 Å². The van der Waals surface area contributed by atoms with E-state index in [4.69, 9.17) is 9.47 Å². The first kappa shape index (κ1) is 45.7. The molecule has 0 aliphatic carbocycles. The lowest BCUT2D eigenvalue weighted by molar-refractivity contribution is 0.414. The molecule has 358 valence electrons. The summed E-state index contributed by atoms with van der Waals surface area (Å²) in [7, 11) is 3.29. The van der Waals surface area contributed by atoms with Gasteiger partial charge >= 0.3 is 0 Å². The lowest BCUT2D eigenvalue weighted by atomic mass is 9.91. The van der Waals surface area contributed by atoms with Gasteiger partial charge in [0.15, 0.2) is 0 Å². The molecule has 0 saturated heterocycles. The molecule has 0 radical (unpaired) electrons. The van der Waals surface area contributed by atoms with Gasteiger partial charge in [0, 0.05) is 33.5 Å². The lowest BCUT2D eigenvalue weighted by Gasteiger charge is -2.30. The second kappa shape index (κ2) is 19.0. The third-order valence-corrected chi connectivity index (χ3v) is 13.8. The van der Waals surface area contributed by atoms with Crippen LogP contribution in [0.2, 0.25) is 0 Å². The Hall–Kier alpha value is -9.40. The highest BCUT2D eigenvalue weighted by molar-refractivity contribution is 6.28. The number of benzene rings is 12. The first-order valence-electron chi connectivity index (χ1n) is 24.1. The van der Waals surface area contributed by atoms with Crippen molar-refractivity contribution >= 4 is 66.4 Å². The summed E-state index contributed by atoms with van der Waals surface area (Å²) in [5.41, 5.74) is 11.9. The molecule has 0 heterocycles. The summed E-state index contributed by atoms with van der Waals surface area (Å²) < 4.78 is 68.8. The molecule has 12 rings (SSSR count). The van der Waals surface area contributed by atoms with Crippen LogP contribution in [0.25, 0.3) is 76.8 Å². The zero-order chi connectivity index (χ0) is 50.5. The number of anilines is 6. The molecule has 12 aromatic rings. The van der Waals surface area contributed by atoms with Crippen molar-refractivity contribution in [3.63, 3.8) is 0 Å². The van der Waals surface area contributed by atoms with Crippen LogP contribution < -0.4 is 19.3 Å². The van der Waals surface area contributed by atoms with Crippen LogP contribution in [0.5, 0.6) is 11.5 Å². The molecule has 0 fully saturated rings. The van der Waals surface area contributed by atoms with Gasteiger partial charge in [-0.2, -0.15) is 0 Å². The third-order valence-electron chi connectivity index (χ3n) is 13.8. The molecule has 0 aromatic heterocycles. The Labute approximate surface area is 425 Å². The lowest BCUT2D eigenvalue weighted by Crippen LogP contribution is -2.12. The van der Waals surface area contributed by atoms with E-state index in [1.807, 2.05) is 60.7 Å². The average Bonchev–Trinajstić information content (AvgIpc) is 3.44. The highest BCUT2D eigenvalue weighted by Gasteiger charge is 2.24. The van der Waals surface area contributed by atoms with Crippen molar-refractivity contribution in [1.82, 2.24) is 0 Å². The number of hydrogen-bond acceptors (Lipinski definition) is 4.